The zero-order chi connectivity index (χ0) is 18.6. The Balaban J connectivity index is 1.26. The number of Topliss-reactive ketones (excluding diaryl/α,β-unsaturated/α-hetero) is 1. The Hall–Kier alpha value is -2.46. The van der Waals surface area contributed by atoms with Crippen molar-refractivity contribution in [2.75, 3.05) is 24.5 Å². The van der Waals surface area contributed by atoms with Gasteiger partial charge in [0.2, 0.25) is 5.91 Å². The van der Waals surface area contributed by atoms with Crippen LogP contribution >= 0.6 is 0 Å². The molecular weight excluding hydrogens is 336 g/mol. The normalized spacial score (nSPS) is 15.1. The number of nitrogens with zero attached hydrogens (tertiary/aromatic N) is 1. The predicted octanol–water partition coefficient (Wildman–Crippen LogP) is 3.32. The first-order valence-electron chi connectivity index (χ1n) is 9.96. The zero-order valence-electron chi connectivity index (χ0n) is 15.7. The van der Waals surface area contributed by atoms with E-state index in [2.05, 4.69) is 29.6 Å². The van der Waals surface area contributed by atoms with Gasteiger partial charge >= 0.3 is 0 Å². The summed E-state index contributed by atoms with van der Waals surface area (Å²) in [7, 11) is 0. The highest BCUT2D eigenvalue weighted by Gasteiger charge is 2.31. The highest BCUT2D eigenvalue weighted by Crippen LogP contribution is 2.37. The summed E-state index contributed by atoms with van der Waals surface area (Å²) in [6, 6.07) is 14.5. The Morgan fingerprint density at radius 3 is 2.59 bits per heavy atom. The number of ketones is 1. The lowest BCUT2D eigenvalue weighted by Gasteiger charge is -2.25. The Bertz CT molecular complexity index is 845. The largest absolute Gasteiger partial charge is 0.316 e. The number of hydrogen-bond donors (Lipinski definition) is 1. The molecule has 0 aromatic heterocycles. The number of hydrogen-bond acceptors (Lipinski definition) is 3. The molecule has 0 spiro atoms. The number of rotatable bonds is 8. The number of carbonyl (C=O) groups excluding carboxylic acids is 2. The molecule has 2 aromatic rings. The van der Waals surface area contributed by atoms with Gasteiger partial charge in [0.15, 0.2) is 5.78 Å². The molecule has 0 bridgehead atoms. The zero-order valence-corrected chi connectivity index (χ0v) is 15.7. The molecule has 4 nitrogen and oxygen atoms in total. The molecule has 2 aliphatic rings. The van der Waals surface area contributed by atoms with Crippen LogP contribution < -0.4 is 10.2 Å². The van der Waals surface area contributed by atoms with Crippen molar-refractivity contribution < 1.29 is 9.59 Å². The third kappa shape index (κ3) is 3.96. The van der Waals surface area contributed by atoms with E-state index < -0.39 is 0 Å². The first kappa shape index (κ1) is 17.9. The van der Waals surface area contributed by atoms with E-state index in [0.29, 0.717) is 12.8 Å². The van der Waals surface area contributed by atoms with Gasteiger partial charge in [-0.3, -0.25) is 9.59 Å². The molecule has 4 rings (SSSR count). The van der Waals surface area contributed by atoms with Crippen LogP contribution in [-0.2, 0) is 24.1 Å². The third-order valence-electron chi connectivity index (χ3n) is 5.56. The van der Waals surface area contributed by atoms with E-state index >= 15 is 0 Å². The van der Waals surface area contributed by atoms with E-state index in [0.717, 1.165) is 56.6 Å². The van der Waals surface area contributed by atoms with Gasteiger partial charge in [0, 0.05) is 24.9 Å². The number of aryl methyl sites for hydroxylation is 1. The minimum atomic E-state index is 0.217. The maximum atomic E-state index is 12.6. The van der Waals surface area contributed by atoms with Gasteiger partial charge in [-0.15, -0.1) is 0 Å². The van der Waals surface area contributed by atoms with Crippen LogP contribution in [0.5, 0.6) is 0 Å². The molecule has 0 saturated heterocycles. The molecule has 1 N–H and O–H groups in total. The number of amides is 1. The molecule has 0 aliphatic carbocycles. The number of nitrogens with one attached hydrogen (secondary N) is 1. The van der Waals surface area contributed by atoms with Crippen molar-refractivity contribution in [1.82, 2.24) is 5.32 Å². The minimum absolute atomic E-state index is 0.217. The van der Waals surface area contributed by atoms with Crippen LogP contribution in [0.3, 0.4) is 0 Å². The monoisotopic (exact) mass is 362 g/mol. The van der Waals surface area contributed by atoms with Crippen LogP contribution in [0.2, 0.25) is 0 Å². The second-order valence-corrected chi connectivity index (χ2v) is 7.45. The second kappa shape index (κ2) is 8.05. The average Bonchev–Trinajstić information content (AvgIpc) is 3.13. The van der Waals surface area contributed by atoms with Gasteiger partial charge in [-0.1, -0.05) is 30.3 Å². The molecule has 0 atom stereocenters. The van der Waals surface area contributed by atoms with Gasteiger partial charge in [0.05, 0.1) is 5.69 Å². The van der Waals surface area contributed by atoms with Crippen LogP contribution in [0.25, 0.3) is 0 Å². The summed E-state index contributed by atoms with van der Waals surface area (Å²) in [5.74, 6) is 0.441. The fourth-order valence-corrected chi connectivity index (χ4v) is 4.14. The summed E-state index contributed by atoms with van der Waals surface area (Å²) >= 11 is 0. The molecule has 2 heterocycles. The summed E-state index contributed by atoms with van der Waals surface area (Å²) in [4.78, 5) is 26.5. The molecule has 140 valence electrons. The van der Waals surface area contributed by atoms with Crippen molar-refractivity contribution in [3.05, 3.63) is 64.7 Å². The Morgan fingerprint density at radius 1 is 1.00 bits per heavy atom. The highest BCUT2D eigenvalue weighted by atomic mass is 16.2. The summed E-state index contributed by atoms with van der Waals surface area (Å²) in [6.07, 6.45) is 4.63. The second-order valence-electron chi connectivity index (χ2n) is 7.45. The van der Waals surface area contributed by atoms with E-state index in [1.54, 1.807) is 0 Å². The molecule has 0 fully saturated rings. The van der Waals surface area contributed by atoms with E-state index in [1.807, 2.05) is 23.1 Å². The average molecular weight is 362 g/mol. The molecule has 2 aromatic carbocycles. The molecule has 1 amide bonds. The summed E-state index contributed by atoms with van der Waals surface area (Å²) < 4.78 is 0. The topological polar surface area (TPSA) is 49.4 Å². The first-order valence-corrected chi connectivity index (χ1v) is 9.96. The lowest BCUT2D eigenvalue weighted by molar-refractivity contribution is -0.118. The fraction of sp³-hybridized carbons (Fsp3) is 0.391. The Kier molecular flexibility index (Phi) is 5.35. The van der Waals surface area contributed by atoms with Crippen molar-refractivity contribution in [1.29, 1.82) is 0 Å². The molecule has 27 heavy (non-hydrogen) atoms. The van der Waals surface area contributed by atoms with Gasteiger partial charge in [-0.05, 0) is 67.6 Å². The molecule has 2 aliphatic heterocycles. The van der Waals surface area contributed by atoms with Crippen LogP contribution in [0, 0.1) is 0 Å². The van der Waals surface area contributed by atoms with Gasteiger partial charge in [0.1, 0.15) is 0 Å². The van der Waals surface area contributed by atoms with Gasteiger partial charge in [-0.2, -0.15) is 0 Å². The fourth-order valence-electron chi connectivity index (χ4n) is 4.14. The number of carbonyl (C=O) groups is 2. The van der Waals surface area contributed by atoms with E-state index in [1.165, 1.54) is 16.7 Å². The molecular formula is C23H26N2O2. The maximum absolute atomic E-state index is 12.6. The summed E-state index contributed by atoms with van der Waals surface area (Å²) in [5.41, 5.74) is 5.59. The van der Waals surface area contributed by atoms with Gasteiger partial charge < -0.3 is 10.2 Å². The predicted molar refractivity (Wildman–Crippen MR) is 107 cm³/mol. The van der Waals surface area contributed by atoms with Crippen LogP contribution in [0.1, 0.15) is 46.3 Å². The molecule has 0 radical (unpaired) electrons. The highest BCUT2D eigenvalue weighted by molar-refractivity contribution is 6.02. The van der Waals surface area contributed by atoms with E-state index in [4.69, 9.17) is 0 Å². The van der Waals surface area contributed by atoms with Crippen molar-refractivity contribution in [2.45, 2.75) is 38.5 Å². The Morgan fingerprint density at radius 2 is 1.78 bits per heavy atom. The standard InChI is InChI=1S/C23H26N2O2/c26-21(7-4-12-24-13-10-17-5-2-1-3-6-17)20-15-18-8-9-22(27)25-14-11-19(16-20)23(18)25/h1-3,5-6,15-16,24H,4,7-14H2. The molecule has 0 saturated carbocycles. The molecule has 0 unspecified atom stereocenters. The summed E-state index contributed by atoms with van der Waals surface area (Å²) in [5, 5.41) is 3.43. The lowest BCUT2D eigenvalue weighted by Crippen LogP contribution is -2.32. The van der Waals surface area contributed by atoms with Gasteiger partial charge in [0.25, 0.3) is 0 Å². The molecule has 4 heteroatoms. The Labute approximate surface area is 160 Å². The lowest BCUT2D eigenvalue weighted by atomic mass is 9.94. The minimum Gasteiger partial charge on any atom is -0.316 e. The van der Waals surface area contributed by atoms with Gasteiger partial charge in [-0.25, -0.2) is 0 Å². The SMILES string of the molecule is O=C(CCCNCCc1ccccc1)c1cc2c3c(c1)CCN3C(=O)CC2. The van der Waals surface area contributed by atoms with Crippen molar-refractivity contribution in [3.8, 4) is 0 Å². The van der Waals surface area contributed by atoms with E-state index in [-0.39, 0.29) is 11.7 Å². The van der Waals surface area contributed by atoms with Crippen LogP contribution in [0.4, 0.5) is 5.69 Å². The third-order valence-corrected chi connectivity index (χ3v) is 5.56. The van der Waals surface area contributed by atoms with E-state index in [9.17, 15) is 9.59 Å². The smallest absolute Gasteiger partial charge is 0.227 e. The van der Waals surface area contributed by atoms with Crippen molar-refractivity contribution >= 4 is 17.4 Å². The van der Waals surface area contributed by atoms with Crippen molar-refractivity contribution in [3.63, 3.8) is 0 Å². The number of benzene rings is 2. The summed E-state index contributed by atoms with van der Waals surface area (Å²) in [6.45, 7) is 2.56. The van der Waals surface area contributed by atoms with Crippen LogP contribution in [0.15, 0.2) is 42.5 Å². The van der Waals surface area contributed by atoms with Crippen molar-refractivity contribution in [2.24, 2.45) is 0 Å². The number of anilines is 1. The maximum Gasteiger partial charge on any atom is 0.227 e. The quantitative estimate of drug-likeness (QED) is 0.579. The van der Waals surface area contributed by atoms with Crippen LogP contribution in [-0.4, -0.2) is 31.3 Å². The first-order chi connectivity index (χ1) is 13.2.